The maximum Gasteiger partial charge on any atom is 0.232 e. The molecule has 0 aromatic heterocycles. The van der Waals surface area contributed by atoms with Crippen LogP contribution in [-0.4, -0.2) is 51.1 Å². The molecule has 0 amide bonds. The van der Waals surface area contributed by atoms with Crippen LogP contribution in [0, 0.1) is 23.0 Å². The molecule has 34 heavy (non-hydrogen) atoms. The number of Topliss-reactive ketones (excluding diaryl/α,β-unsaturated/α-hetero) is 1. The van der Waals surface area contributed by atoms with E-state index in [1.807, 2.05) is 6.92 Å². The Hall–Kier alpha value is -3.61. The summed E-state index contributed by atoms with van der Waals surface area (Å²) in [5, 5.41) is 16.3. The molecular weight excluding hydrogens is 468 g/mol. The number of anilines is 1. The van der Waals surface area contributed by atoms with Gasteiger partial charge >= 0.3 is 0 Å². The molecule has 2 atom stereocenters. The molecule has 2 aliphatic rings. The fourth-order valence-electron chi connectivity index (χ4n) is 3.48. The number of amidine groups is 1. The van der Waals surface area contributed by atoms with E-state index in [0.717, 1.165) is 18.3 Å². The molecule has 3 rings (SSSR count). The molecule has 0 fully saturated rings. The van der Waals surface area contributed by atoms with Gasteiger partial charge in [0.25, 0.3) is 0 Å². The number of hydrogen-bond acceptors (Lipinski definition) is 9. The molecule has 5 N–H and O–H groups in total. The largest absolute Gasteiger partial charge is 0.389 e. The van der Waals surface area contributed by atoms with Gasteiger partial charge in [0, 0.05) is 30.7 Å². The van der Waals surface area contributed by atoms with E-state index in [0.29, 0.717) is 24.5 Å². The number of halogens is 2. The zero-order valence-corrected chi connectivity index (χ0v) is 19.3. The summed E-state index contributed by atoms with van der Waals surface area (Å²) in [5.74, 6) is -4.17. The van der Waals surface area contributed by atoms with E-state index in [2.05, 4.69) is 30.7 Å². The number of rotatable bonds is 11. The first-order chi connectivity index (χ1) is 16.2. The van der Waals surface area contributed by atoms with Crippen LogP contribution in [0.25, 0.3) is 0 Å². The third-order valence-corrected chi connectivity index (χ3v) is 6.47. The normalized spacial score (nSPS) is 19.5. The average molecular weight is 494 g/mol. The van der Waals surface area contributed by atoms with E-state index < -0.39 is 50.8 Å². The molecule has 0 saturated heterocycles. The highest BCUT2D eigenvalue weighted by Gasteiger charge is 2.40. The summed E-state index contributed by atoms with van der Waals surface area (Å²) in [6.45, 7) is 4.13. The molecule has 182 valence electrons. The van der Waals surface area contributed by atoms with Crippen molar-refractivity contribution in [1.82, 2.24) is 16.0 Å². The molecule has 2 unspecified atom stereocenters. The number of fused-ring (bicyclic) bond motifs is 1. The molecule has 2 aliphatic heterocycles. The highest BCUT2D eigenvalue weighted by Crippen LogP contribution is 2.31. The van der Waals surface area contributed by atoms with E-state index in [-0.39, 0.29) is 11.3 Å². The highest BCUT2D eigenvalue weighted by atomic mass is 32.2. The number of benzene rings is 1. The number of hydrogen-bond donors (Lipinski definition) is 5. The lowest BCUT2D eigenvalue weighted by atomic mass is 9.90. The predicted octanol–water partition coefficient (Wildman–Crippen LogP) is 1.86. The van der Waals surface area contributed by atoms with E-state index in [1.165, 1.54) is 12.5 Å². The summed E-state index contributed by atoms with van der Waals surface area (Å²) in [6, 6.07) is 1.76. The maximum absolute atomic E-state index is 15.2. The summed E-state index contributed by atoms with van der Waals surface area (Å²) in [5.41, 5.74) is -1.06. The van der Waals surface area contributed by atoms with Crippen molar-refractivity contribution in [3.05, 3.63) is 53.0 Å². The van der Waals surface area contributed by atoms with Crippen molar-refractivity contribution < 1.29 is 22.0 Å². The topological polar surface area (TPSA) is 148 Å². The Morgan fingerprint density at radius 2 is 2.06 bits per heavy atom. The van der Waals surface area contributed by atoms with Gasteiger partial charge in [-0.2, -0.15) is 0 Å². The Labute approximate surface area is 195 Å². The highest BCUT2D eigenvalue weighted by molar-refractivity contribution is 7.92. The smallest absolute Gasteiger partial charge is 0.232 e. The third kappa shape index (κ3) is 5.30. The molecule has 2 heterocycles. The summed E-state index contributed by atoms with van der Waals surface area (Å²) < 4.78 is 56.0. The van der Waals surface area contributed by atoms with Crippen LogP contribution in [-0.2, 0) is 10.0 Å². The van der Waals surface area contributed by atoms with Crippen LogP contribution >= 0.6 is 0 Å². The number of carbonyl (C=O) groups is 1. The average Bonchev–Trinajstić information content (AvgIpc) is 3.23. The van der Waals surface area contributed by atoms with Gasteiger partial charge in [-0.25, -0.2) is 27.2 Å². The van der Waals surface area contributed by atoms with Gasteiger partial charge < -0.3 is 21.4 Å². The SMILES string of the molecule is CCCS(=O)(=O)Nc1ccc(F)c(C(=O)C2=CNC3=NC=NC(N/C(C=N)=C/NCC)C23)c1F. The summed E-state index contributed by atoms with van der Waals surface area (Å²) in [4.78, 5) is 21.6. The van der Waals surface area contributed by atoms with Crippen LogP contribution in [0.3, 0.4) is 0 Å². The number of allylic oxidation sites excluding steroid dienone is 1. The lowest BCUT2D eigenvalue weighted by Crippen LogP contribution is -2.43. The van der Waals surface area contributed by atoms with Crippen LogP contribution in [0.2, 0.25) is 0 Å². The summed E-state index contributed by atoms with van der Waals surface area (Å²) >= 11 is 0. The Kier molecular flexibility index (Phi) is 7.76. The van der Waals surface area contributed by atoms with Gasteiger partial charge in [0.1, 0.15) is 24.2 Å². The standard InChI is InChI=1S/C21H25F2N7O3S/c1-3-7-34(32,33)30-15-6-5-14(22)17(18(15)23)19(31)13-10-26-20-16(13)21(28-11-27-20)29-12(8-24)9-25-4-2/h5-6,8-11,16,21,24-25,29-30H,3-4,7H2,1-2H3,(H,26,27,28)/b12-9+,24-8?. The van der Waals surface area contributed by atoms with Gasteiger partial charge in [-0.05, 0) is 25.5 Å². The van der Waals surface area contributed by atoms with Crippen molar-refractivity contribution in [3.63, 3.8) is 0 Å². The lowest BCUT2D eigenvalue weighted by molar-refractivity contribution is 0.101. The van der Waals surface area contributed by atoms with Crippen LogP contribution < -0.4 is 20.7 Å². The minimum absolute atomic E-state index is 0.0211. The van der Waals surface area contributed by atoms with E-state index in [1.54, 1.807) is 13.1 Å². The summed E-state index contributed by atoms with van der Waals surface area (Å²) in [6.07, 6.45) is 4.69. The molecule has 0 spiro atoms. The van der Waals surface area contributed by atoms with Crippen molar-refractivity contribution in [1.29, 1.82) is 5.41 Å². The van der Waals surface area contributed by atoms with E-state index >= 15 is 4.39 Å². The molecule has 13 heteroatoms. The fraction of sp³-hybridized carbons (Fsp3) is 0.333. The van der Waals surface area contributed by atoms with E-state index in [9.17, 15) is 17.6 Å². The molecule has 10 nitrogen and oxygen atoms in total. The third-order valence-electron chi connectivity index (χ3n) is 5.00. The van der Waals surface area contributed by atoms with Gasteiger partial charge in [-0.1, -0.05) is 6.92 Å². The van der Waals surface area contributed by atoms with Crippen LogP contribution in [0.1, 0.15) is 30.6 Å². The predicted molar refractivity (Wildman–Crippen MR) is 126 cm³/mol. The second-order valence-corrected chi connectivity index (χ2v) is 9.27. The monoisotopic (exact) mass is 493 g/mol. The fourth-order valence-corrected chi connectivity index (χ4v) is 4.61. The van der Waals surface area contributed by atoms with E-state index in [4.69, 9.17) is 5.41 Å². The quantitative estimate of drug-likeness (QED) is 0.235. The van der Waals surface area contributed by atoms with Crippen molar-refractivity contribution in [2.24, 2.45) is 15.9 Å². The van der Waals surface area contributed by atoms with Gasteiger partial charge in [-0.15, -0.1) is 0 Å². The zero-order chi connectivity index (χ0) is 24.9. The number of sulfonamides is 1. The Morgan fingerprint density at radius 3 is 2.74 bits per heavy atom. The first-order valence-corrected chi connectivity index (χ1v) is 12.2. The van der Waals surface area contributed by atoms with Crippen LogP contribution in [0.4, 0.5) is 14.5 Å². The maximum atomic E-state index is 15.2. The van der Waals surface area contributed by atoms with Crippen LogP contribution in [0.15, 0.2) is 45.8 Å². The minimum Gasteiger partial charge on any atom is -0.389 e. The first-order valence-electron chi connectivity index (χ1n) is 10.5. The minimum atomic E-state index is -3.87. The lowest BCUT2D eigenvalue weighted by Gasteiger charge is -2.26. The van der Waals surface area contributed by atoms with Crippen molar-refractivity contribution in [2.45, 2.75) is 26.4 Å². The van der Waals surface area contributed by atoms with Crippen molar-refractivity contribution in [3.8, 4) is 0 Å². The molecule has 0 aliphatic carbocycles. The van der Waals surface area contributed by atoms with Gasteiger partial charge in [0.15, 0.2) is 11.6 Å². The van der Waals surface area contributed by atoms with Crippen molar-refractivity contribution in [2.75, 3.05) is 17.0 Å². The number of nitrogens with zero attached hydrogens (tertiary/aromatic N) is 2. The molecule has 0 saturated carbocycles. The zero-order valence-electron chi connectivity index (χ0n) is 18.5. The second-order valence-electron chi connectivity index (χ2n) is 7.43. The van der Waals surface area contributed by atoms with Crippen LogP contribution in [0.5, 0.6) is 0 Å². The molecular formula is C21H25F2N7O3S. The number of aliphatic imine (C=N–C) groups is 2. The number of ketones is 1. The molecule has 0 radical (unpaired) electrons. The van der Waals surface area contributed by atoms with Gasteiger partial charge in [0.2, 0.25) is 10.0 Å². The summed E-state index contributed by atoms with van der Waals surface area (Å²) in [7, 11) is -3.87. The molecule has 0 bridgehead atoms. The Bertz CT molecular complexity index is 1210. The first kappa shape index (κ1) is 25.0. The Balaban J connectivity index is 1.94. The molecule has 1 aromatic carbocycles. The van der Waals surface area contributed by atoms with Gasteiger partial charge in [-0.3, -0.25) is 9.52 Å². The number of nitrogens with one attached hydrogen (secondary N) is 5. The molecule has 1 aromatic rings. The van der Waals surface area contributed by atoms with Crippen molar-refractivity contribution >= 4 is 39.9 Å². The Morgan fingerprint density at radius 1 is 1.29 bits per heavy atom. The second kappa shape index (κ2) is 10.5. The number of carbonyl (C=O) groups excluding carboxylic acids is 1. The van der Waals surface area contributed by atoms with Gasteiger partial charge in [0.05, 0.1) is 28.6 Å².